The number of hydrogen-bond donors (Lipinski definition) is 0. The van der Waals surface area contributed by atoms with Crippen molar-refractivity contribution in [3.63, 3.8) is 0 Å². The molecule has 0 saturated heterocycles. The van der Waals surface area contributed by atoms with Crippen LogP contribution in [0.1, 0.15) is 46.5 Å². The number of carbonyl (C=O) groups is 1. The third kappa shape index (κ3) is 1.47. The van der Waals surface area contributed by atoms with E-state index in [9.17, 15) is 4.79 Å². The van der Waals surface area contributed by atoms with Gasteiger partial charge in [0.15, 0.2) is 0 Å². The van der Waals surface area contributed by atoms with Gasteiger partial charge in [0, 0.05) is 11.8 Å². The summed E-state index contributed by atoms with van der Waals surface area (Å²) in [6.07, 6.45) is 4.32. The van der Waals surface area contributed by atoms with E-state index < -0.39 is 0 Å². The van der Waals surface area contributed by atoms with Crippen LogP contribution in [-0.2, 0) is 4.79 Å². The Balaban J connectivity index is 2.72. The van der Waals surface area contributed by atoms with Gasteiger partial charge in [-0.25, -0.2) is 0 Å². The second kappa shape index (κ2) is 2.96. The van der Waals surface area contributed by atoms with Crippen LogP contribution in [0.2, 0.25) is 0 Å². The molecule has 1 rings (SSSR count). The number of hydrogen-bond acceptors (Lipinski definition) is 1. The summed E-state index contributed by atoms with van der Waals surface area (Å²) >= 11 is 0. The van der Waals surface area contributed by atoms with Gasteiger partial charge in [-0.05, 0) is 18.8 Å². The van der Waals surface area contributed by atoms with Crippen molar-refractivity contribution in [2.24, 2.45) is 11.3 Å². The largest absolute Gasteiger partial charge is 0.299 e. The maximum absolute atomic E-state index is 11.5. The van der Waals surface area contributed by atoms with Crippen molar-refractivity contribution >= 4 is 5.78 Å². The smallest absolute Gasteiger partial charge is 0.138 e. The van der Waals surface area contributed by atoms with Crippen molar-refractivity contribution in [1.29, 1.82) is 0 Å². The lowest BCUT2D eigenvalue weighted by Crippen LogP contribution is -2.36. The molecule has 1 fully saturated rings. The Hall–Kier alpha value is -0.330. The highest BCUT2D eigenvalue weighted by atomic mass is 16.1. The van der Waals surface area contributed by atoms with Gasteiger partial charge < -0.3 is 0 Å². The molecule has 0 spiro atoms. The molecule has 0 unspecified atom stereocenters. The number of rotatable bonds is 1. The van der Waals surface area contributed by atoms with Gasteiger partial charge in [-0.2, -0.15) is 0 Å². The van der Waals surface area contributed by atoms with Crippen LogP contribution >= 0.6 is 0 Å². The minimum atomic E-state index is -0.0347. The molecular formula is C10H18O. The molecule has 64 valence electrons. The summed E-state index contributed by atoms with van der Waals surface area (Å²) in [6, 6.07) is 0. The molecule has 0 radical (unpaired) electrons. The molecule has 1 heteroatoms. The fourth-order valence-corrected chi connectivity index (χ4v) is 2.13. The zero-order valence-electron chi connectivity index (χ0n) is 7.81. The lowest BCUT2D eigenvalue weighted by molar-refractivity contribution is -0.132. The van der Waals surface area contributed by atoms with Gasteiger partial charge in [-0.3, -0.25) is 4.79 Å². The van der Waals surface area contributed by atoms with Crippen LogP contribution < -0.4 is 0 Å². The van der Waals surface area contributed by atoms with Gasteiger partial charge in [0.05, 0.1) is 0 Å². The van der Waals surface area contributed by atoms with E-state index in [1.807, 2.05) is 0 Å². The van der Waals surface area contributed by atoms with Gasteiger partial charge in [0.2, 0.25) is 0 Å². The Bertz CT molecular complexity index is 158. The molecule has 0 heterocycles. The number of carbonyl (C=O) groups excluding carboxylic acids is 1. The number of Topliss-reactive ketones (excluding diaryl/α,β-unsaturated/α-hetero) is 1. The summed E-state index contributed by atoms with van der Waals surface area (Å²) in [5, 5.41) is 0. The predicted octanol–water partition coefficient (Wildman–Crippen LogP) is 2.79. The third-order valence-corrected chi connectivity index (χ3v) is 3.19. The molecule has 11 heavy (non-hydrogen) atoms. The molecule has 0 aromatic rings. The molecule has 0 amide bonds. The van der Waals surface area contributed by atoms with Gasteiger partial charge in [-0.1, -0.05) is 27.2 Å². The predicted molar refractivity (Wildman–Crippen MR) is 46.4 cm³/mol. The van der Waals surface area contributed by atoms with E-state index in [4.69, 9.17) is 0 Å². The quantitative estimate of drug-likeness (QED) is 0.567. The second-order valence-corrected chi connectivity index (χ2v) is 4.14. The van der Waals surface area contributed by atoms with Crippen molar-refractivity contribution in [3.05, 3.63) is 0 Å². The molecule has 1 aliphatic rings. The average Bonchev–Trinajstić information content (AvgIpc) is 1.95. The Morgan fingerprint density at radius 3 is 2.64 bits per heavy atom. The monoisotopic (exact) mass is 154 g/mol. The van der Waals surface area contributed by atoms with Crippen molar-refractivity contribution in [2.75, 3.05) is 0 Å². The maximum atomic E-state index is 11.5. The molecule has 1 atom stereocenters. The zero-order valence-corrected chi connectivity index (χ0v) is 7.81. The van der Waals surface area contributed by atoms with E-state index >= 15 is 0 Å². The summed E-state index contributed by atoms with van der Waals surface area (Å²) in [5.74, 6) is 1.10. The van der Waals surface area contributed by atoms with E-state index in [0.29, 0.717) is 11.7 Å². The maximum Gasteiger partial charge on any atom is 0.138 e. The topological polar surface area (TPSA) is 17.1 Å². The minimum absolute atomic E-state index is 0.0347. The molecule has 1 aliphatic carbocycles. The molecule has 0 aliphatic heterocycles. The Morgan fingerprint density at radius 1 is 1.55 bits per heavy atom. The van der Waals surface area contributed by atoms with Crippen LogP contribution in [0.4, 0.5) is 0 Å². The van der Waals surface area contributed by atoms with Gasteiger partial charge in [-0.15, -0.1) is 0 Å². The average molecular weight is 154 g/mol. The lowest BCUT2D eigenvalue weighted by Gasteiger charge is -2.36. The van der Waals surface area contributed by atoms with Crippen molar-refractivity contribution in [2.45, 2.75) is 46.5 Å². The number of ketones is 1. The fourth-order valence-electron chi connectivity index (χ4n) is 2.13. The van der Waals surface area contributed by atoms with E-state index in [2.05, 4.69) is 20.8 Å². The van der Waals surface area contributed by atoms with Crippen LogP contribution in [0, 0.1) is 11.3 Å². The van der Waals surface area contributed by atoms with E-state index in [0.717, 1.165) is 19.3 Å². The van der Waals surface area contributed by atoms with Crippen molar-refractivity contribution in [3.8, 4) is 0 Å². The SMILES string of the molecule is CC[C@H]1CCCC(=O)C1(C)C. The van der Waals surface area contributed by atoms with Crippen LogP contribution in [0.25, 0.3) is 0 Å². The Labute approximate surface area is 69.2 Å². The first-order valence-corrected chi connectivity index (χ1v) is 4.62. The van der Waals surface area contributed by atoms with Crippen molar-refractivity contribution in [1.82, 2.24) is 0 Å². The van der Waals surface area contributed by atoms with Crippen LogP contribution in [0.15, 0.2) is 0 Å². The Kier molecular flexibility index (Phi) is 2.36. The summed E-state index contributed by atoms with van der Waals surface area (Å²) in [6.45, 7) is 6.39. The molecule has 1 saturated carbocycles. The van der Waals surface area contributed by atoms with E-state index in [1.165, 1.54) is 6.42 Å². The van der Waals surface area contributed by atoms with Crippen molar-refractivity contribution < 1.29 is 4.79 Å². The lowest BCUT2D eigenvalue weighted by atomic mass is 9.67. The van der Waals surface area contributed by atoms with Gasteiger partial charge >= 0.3 is 0 Å². The summed E-state index contributed by atoms with van der Waals surface area (Å²) in [4.78, 5) is 11.5. The van der Waals surface area contributed by atoms with Crippen LogP contribution in [-0.4, -0.2) is 5.78 Å². The van der Waals surface area contributed by atoms with E-state index in [-0.39, 0.29) is 5.41 Å². The zero-order chi connectivity index (χ0) is 8.48. The first kappa shape index (κ1) is 8.76. The summed E-state index contributed by atoms with van der Waals surface area (Å²) in [7, 11) is 0. The van der Waals surface area contributed by atoms with E-state index in [1.54, 1.807) is 0 Å². The summed E-state index contributed by atoms with van der Waals surface area (Å²) < 4.78 is 0. The standard InChI is InChI=1S/C10H18O/c1-4-8-6-5-7-9(11)10(8,2)3/h8H,4-7H2,1-3H3/t8-/m0/s1. The fraction of sp³-hybridized carbons (Fsp3) is 0.900. The molecular weight excluding hydrogens is 136 g/mol. The minimum Gasteiger partial charge on any atom is -0.299 e. The highest BCUT2D eigenvalue weighted by Gasteiger charge is 2.37. The normalized spacial score (nSPS) is 30.5. The first-order chi connectivity index (χ1) is 5.09. The van der Waals surface area contributed by atoms with Crippen LogP contribution in [0.5, 0.6) is 0 Å². The Morgan fingerprint density at radius 2 is 2.18 bits per heavy atom. The first-order valence-electron chi connectivity index (χ1n) is 4.62. The second-order valence-electron chi connectivity index (χ2n) is 4.14. The molecule has 0 aromatic carbocycles. The molecule has 0 bridgehead atoms. The van der Waals surface area contributed by atoms with Crippen LogP contribution in [0.3, 0.4) is 0 Å². The highest BCUT2D eigenvalue weighted by molar-refractivity contribution is 5.85. The highest BCUT2D eigenvalue weighted by Crippen LogP contribution is 2.39. The molecule has 0 N–H and O–H groups in total. The molecule has 1 nitrogen and oxygen atoms in total. The third-order valence-electron chi connectivity index (χ3n) is 3.19. The molecule has 0 aromatic heterocycles. The van der Waals surface area contributed by atoms with Gasteiger partial charge in [0.25, 0.3) is 0 Å². The summed E-state index contributed by atoms with van der Waals surface area (Å²) in [5.41, 5.74) is -0.0347. The van der Waals surface area contributed by atoms with Gasteiger partial charge in [0.1, 0.15) is 5.78 Å².